The van der Waals surface area contributed by atoms with Crippen LogP contribution < -0.4 is 5.32 Å². The fraction of sp³-hybridized carbons (Fsp3) is 0.167. The van der Waals surface area contributed by atoms with Crippen LogP contribution in [0.5, 0.6) is 0 Å². The van der Waals surface area contributed by atoms with E-state index in [0.29, 0.717) is 18.5 Å². The molecule has 8 heteroatoms. The number of pyridine rings is 1. The minimum absolute atomic E-state index is 0.197. The van der Waals surface area contributed by atoms with Crippen molar-refractivity contribution in [1.82, 2.24) is 14.8 Å². The van der Waals surface area contributed by atoms with Gasteiger partial charge in [0.05, 0.1) is 23.5 Å². The first kappa shape index (κ1) is 16.3. The zero-order valence-electron chi connectivity index (χ0n) is 13.4. The largest absolute Gasteiger partial charge is 0.308 e. The molecule has 0 aliphatic heterocycles. The maximum absolute atomic E-state index is 14.1. The Morgan fingerprint density at radius 1 is 1.12 bits per heavy atom. The molecule has 5 nitrogen and oxygen atoms in total. The molecule has 1 aliphatic carbocycles. The SMILES string of the molecule is O=C(Nc1ccn(-c2cncc(F)c2)n1)C1(c2c(F)cccc2F)CC1. The highest BCUT2D eigenvalue weighted by Crippen LogP contribution is 2.50. The fourth-order valence-corrected chi connectivity index (χ4v) is 2.97. The van der Waals surface area contributed by atoms with Crippen molar-refractivity contribution in [3.63, 3.8) is 0 Å². The van der Waals surface area contributed by atoms with E-state index in [1.165, 1.54) is 35.3 Å². The molecule has 2 heterocycles. The second kappa shape index (κ2) is 5.98. The number of hydrogen-bond donors (Lipinski definition) is 1. The zero-order chi connectivity index (χ0) is 18.3. The molecule has 3 aromatic rings. The molecule has 132 valence electrons. The maximum atomic E-state index is 14.1. The van der Waals surface area contributed by atoms with Crippen molar-refractivity contribution in [3.8, 4) is 5.69 Å². The molecule has 1 saturated carbocycles. The van der Waals surface area contributed by atoms with Gasteiger partial charge >= 0.3 is 0 Å². The van der Waals surface area contributed by atoms with Crippen LogP contribution in [0.3, 0.4) is 0 Å². The van der Waals surface area contributed by atoms with Crippen LogP contribution in [0, 0.1) is 17.5 Å². The van der Waals surface area contributed by atoms with Gasteiger partial charge in [-0.3, -0.25) is 9.78 Å². The van der Waals surface area contributed by atoms with Gasteiger partial charge in [0.1, 0.15) is 17.5 Å². The van der Waals surface area contributed by atoms with Crippen LogP contribution in [-0.4, -0.2) is 20.7 Å². The summed E-state index contributed by atoms with van der Waals surface area (Å²) < 4.78 is 42.7. The van der Waals surface area contributed by atoms with Crippen molar-refractivity contribution in [2.75, 3.05) is 5.32 Å². The van der Waals surface area contributed by atoms with E-state index in [1.54, 1.807) is 0 Å². The molecule has 1 aromatic carbocycles. The zero-order valence-corrected chi connectivity index (χ0v) is 13.4. The number of carbonyl (C=O) groups excluding carboxylic acids is 1. The Morgan fingerprint density at radius 3 is 2.50 bits per heavy atom. The Balaban J connectivity index is 1.58. The number of anilines is 1. The Labute approximate surface area is 146 Å². The van der Waals surface area contributed by atoms with E-state index < -0.39 is 28.8 Å². The minimum Gasteiger partial charge on any atom is -0.308 e. The van der Waals surface area contributed by atoms with Crippen molar-refractivity contribution in [2.24, 2.45) is 0 Å². The van der Waals surface area contributed by atoms with Crippen LogP contribution in [-0.2, 0) is 10.2 Å². The minimum atomic E-state index is -1.22. The molecular formula is C18H13F3N4O. The summed E-state index contributed by atoms with van der Waals surface area (Å²) in [6, 6.07) is 6.28. The molecule has 0 spiro atoms. The number of nitrogens with one attached hydrogen (secondary N) is 1. The first-order chi connectivity index (χ1) is 12.5. The third kappa shape index (κ3) is 2.73. The molecule has 0 saturated heterocycles. The molecule has 0 unspecified atom stereocenters. The van der Waals surface area contributed by atoms with Gasteiger partial charge < -0.3 is 5.32 Å². The van der Waals surface area contributed by atoms with Crippen LogP contribution >= 0.6 is 0 Å². The summed E-state index contributed by atoms with van der Waals surface area (Å²) in [5.41, 5.74) is -1.06. The number of benzene rings is 1. The monoisotopic (exact) mass is 358 g/mol. The normalized spacial score (nSPS) is 14.9. The summed E-state index contributed by atoms with van der Waals surface area (Å²) in [4.78, 5) is 16.4. The average Bonchev–Trinajstić information content (AvgIpc) is 3.27. The van der Waals surface area contributed by atoms with Gasteiger partial charge in [-0.15, -0.1) is 0 Å². The first-order valence-electron chi connectivity index (χ1n) is 7.92. The average molecular weight is 358 g/mol. The molecule has 1 aliphatic rings. The lowest BCUT2D eigenvalue weighted by Crippen LogP contribution is -2.30. The standard InChI is InChI=1S/C18H13F3N4O/c19-11-8-12(10-22-9-11)25-7-4-15(24-25)23-17(26)18(5-6-18)16-13(20)2-1-3-14(16)21/h1-4,7-10H,5-6H2,(H,23,24,26). The lowest BCUT2D eigenvalue weighted by atomic mass is 9.93. The Bertz CT molecular complexity index is 977. The molecule has 4 rings (SSSR count). The highest BCUT2D eigenvalue weighted by molar-refractivity contribution is 6.00. The van der Waals surface area contributed by atoms with Gasteiger partial charge in [0.15, 0.2) is 5.82 Å². The quantitative estimate of drug-likeness (QED) is 0.778. The molecule has 1 N–H and O–H groups in total. The highest BCUT2D eigenvalue weighted by Gasteiger charge is 2.54. The van der Waals surface area contributed by atoms with Crippen molar-refractivity contribution in [2.45, 2.75) is 18.3 Å². The van der Waals surface area contributed by atoms with E-state index in [0.717, 1.165) is 18.3 Å². The van der Waals surface area contributed by atoms with Gasteiger partial charge in [-0.25, -0.2) is 17.9 Å². The van der Waals surface area contributed by atoms with Gasteiger partial charge in [0.2, 0.25) is 5.91 Å². The summed E-state index contributed by atoms with van der Waals surface area (Å²) in [7, 11) is 0. The summed E-state index contributed by atoms with van der Waals surface area (Å²) in [6.45, 7) is 0. The van der Waals surface area contributed by atoms with Crippen LogP contribution in [0.15, 0.2) is 48.9 Å². The summed E-state index contributed by atoms with van der Waals surface area (Å²) in [6.07, 6.45) is 4.71. The van der Waals surface area contributed by atoms with E-state index >= 15 is 0 Å². The molecule has 1 amide bonds. The van der Waals surface area contributed by atoms with E-state index in [2.05, 4.69) is 15.4 Å². The number of aromatic nitrogens is 3. The van der Waals surface area contributed by atoms with Gasteiger partial charge in [-0.1, -0.05) is 6.07 Å². The topological polar surface area (TPSA) is 59.8 Å². The van der Waals surface area contributed by atoms with Crippen molar-refractivity contribution < 1.29 is 18.0 Å². The van der Waals surface area contributed by atoms with Gasteiger partial charge in [0, 0.05) is 23.9 Å². The lowest BCUT2D eigenvalue weighted by Gasteiger charge is -2.16. The van der Waals surface area contributed by atoms with E-state index in [9.17, 15) is 18.0 Å². The number of amides is 1. The second-order valence-electron chi connectivity index (χ2n) is 6.14. The van der Waals surface area contributed by atoms with Crippen LogP contribution in [0.4, 0.5) is 19.0 Å². The number of rotatable bonds is 4. The molecule has 0 bridgehead atoms. The molecule has 0 atom stereocenters. The Kier molecular flexibility index (Phi) is 3.75. The predicted molar refractivity (Wildman–Crippen MR) is 87.2 cm³/mol. The highest BCUT2D eigenvalue weighted by atomic mass is 19.1. The lowest BCUT2D eigenvalue weighted by molar-refractivity contribution is -0.118. The van der Waals surface area contributed by atoms with E-state index in [1.807, 2.05) is 0 Å². The Morgan fingerprint density at radius 2 is 1.85 bits per heavy atom. The third-order valence-electron chi connectivity index (χ3n) is 4.41. The molecule has 1 fully saturated rings. The summed E-state index contributed by atoms with van der Waals surface area (Å²) >= 11 is 0. The van der Waals surface area contributed by atoms with Gasteiger partial charge in [-0.05, 0) is 25.0 Å². The van der Waals surface area contributed by atoms with E-state index in [-0.39, 0.29) is 11.4 Å². The van der Waals surface area contributed by atoms with Crippen LogP contribution in [0.25, 0.3) is 5.69 Å². The second-order valence-corrected chi connectivity index (χ2v) is 6.14. The maximum Gasteiger partial charge on any atom is 0.236 e. The van der Waals surface area contributed by atoms with Crippen molar-refractivity contribution in [3.05, 3.63) is 71.9 Å². The predicted octanol–water partition coefficient (Wildman–Crippen LogP) is 3.35. The van der Waals surface area contributed by atoms with Crippen molar-refractivity contribution in [1.29, 1.82) is 0 Å². The van der Waals surface area contributed by atoms with E-state index in [4.69, 9.17) is 0 Å². The van der Waals surface area contributed by atoms with Gasteiger partial charge in [0.25, 0.3) is 0 Å². The Hall–Kier alpha value is -3.16. The first-order valence-corrected chi connectivity index (χ1v) is 7.92. The van der Waals surface area contributed by atoms with Crippen LogP contribution in [0.2, 0.25) is 0 Å². The molecule has 26 heavy (non-hydrogen) atoms. The smallest absolute Gasteiger partial charge is 0.236 e. The van der Waals surface area contributed by atoms with Crippen LogP contribution in [0.1, 0.15) is 18.4 Å². The number of carbonyl (C=O) groups is 1. The summed E-state index contributed by atoms with van der Waals surface area (Å²) in [5, 5.41) is 6.72. The summed E-state index contributed by atoms with van der Waals surface area (Å²) in [5.74, 6) is -2.33. The number of nitrogens with zero attached hydrogens (tertiary/aromatic N) is 3. The van der Waals surface area contributed by atoms with Gasteiger partial charge in [-0.2, -0.15) is 5.10 Å². The van der Waals surface area contributed by atoms with Crippen molar-refractivity contribution >= 4 is 11.7 Å². The fourth-order valence-electron chi connectivity index (χ4n) is 2.97. The third-order valence-corrected chi connectivity index (χ3v) is 4.41. The number of hydrogen-bond acceptors (Lipinski definition) is 3. The molecule has 0 radical (unpaired) electrons. The number of halogens is 3. The molecule has 2 aromatic heterocycles. The molecular weight excluding hydrogens is 345 g/mol.